The molecule has 2 heterocycles. The molecule has 2 atom stereocenters. The van der Waals surface area contributed by atoms with Crippen LogP contribution in [0.25, 0.3) is 0 Å². The fourth-order valence-corrected chi connectivity index (χ4v) is 4.72. The number of hydrogen-bond donors (Lipinski definition) is 2. The molecule has 0 aromatic heterocycles. The highest BCUT2D eigenvalue weighted by atomic mass is 79.9. The summed E-state index contributed by atoms with van der Waals surface area (Å²) >= 11 is 3.54. The number of unbranched alkanes of at least 4 members (excludes halogenated alkanes) is 1. The third kappa shape index (κ3) is 6.66. The summed E-state index contributed by atoms with van der Waals surface area (Å²) in [4.78, 5) is 17.1. The number of likely N-dealkylation sites (tertiary alicyclic amines) is 1. The number of anilines is 1. The highest BCUT2D eigenvalue weighted by Gasteiger charge is 2.23. The quantitative estimate of drug-likeness (QED) is 0.582. The minimum Gasteiger partial charge on any atom is -0.371 e. The topological polar surface area (TPSA) is 47.6 Å². The zero-order valence-corrected chi connectivity index (χ0v) is 18.7. The Labute approximate surface area is 178 Å². The molecule has 3 rings (SSSR count). The average Bonchev–Trinajstić information content (AvgIpc) is 3.17. The molecule has 2 aliphatic rings. The van der Waals surface area contributed by atoms with Gasteiger partial charge in [0.2, 0.25) is 0 Å². The summed E-state index contributed by atoms with van der Waals surface area (Å²) in [5.41, 5.74) is 1.25. The minimum absolute atomic E-state index is 0.0211. The summed E-state index contributed by atoms with van der Waals surface area (Å²) < 4.78 is 1.11. The van der Waals surface area contributed by atoms with E-state index in [9.17, 15) is 4.79 Å². The molecule has 1 aromatic rings. The summed E-state index contributed by atoms with van der Waals surface area (Å²) in [6.45, 7) is 8.33. The molecule has 1 aromatic carbocycles. The Morgan fingerprint density at radius 3 is 2.89 bits per heavy atom. The molecule has 2 fully saturated rings. The van der Waals surface area contributed by atoms with Gasteiger partial charge in [-0.15, -0.1) is 0 Å². The van der Waals surface area contributed by atoms with Crippen LogP contribution in [0.4, 0.5) is 10.5 Å². The highest BCUT2D eigenvalue weighted by molar-refractivity contribution is 9.10. The first-order chi connectivity index (χ1) is 13.6. The third-order valence-corrected chi connectivity index (χ3v) is 6.60. The molecule has 0 spiro atoms. The van der Waals surface area contributed by atoms with Crippen molar-refractivity contribution in [3.63, 3.8) is 0 Å². The lowest BCUT2D eigenvalue weighted by atomic mass is 10.0. The molecular formula is C22H35BrN4O. The van der Waals surface area contributed by atoms with E-state index in [2.05, 4.69) is 67.6 Å². The van der Waals surface area contributed by atoms with Crippen LogP contribution in [0.1, 0.15) is 45.4 Å². The summed E-state index contributed by atoms with van der Waals surface area (Å²) in [6, 6.07) is 9.14. The number of amides is 2. The number of piperidine rings is 1. The van der Waals surface area contributed by atoms with Gasteiger partial charge in [-0.2, -0.15) is 0 Å². The van der Waals surface area contributed by atoms with Gasteiger partial charge in [0.1, 0.15) is 0 Å². The molecule has 2 unspecified atom stereocenters. The van der Waals surface area contributed by atoms with E-state index in [4.69, 9.17) is 0 Å². The maximum absolute atomic E-state index is 12.1. The van der Waals surface area contributed by atoms with Gasteiger partial charge in [0.15, 0.2) is 0 Å². The number of rotatable bonds is 8. The van der Waals surface area contributed by atoms with Crippen molar-refractivity contribution in [2.24, 2.45) is 5.92 Å². The van der Waals surface area contributed by atoms with Crippen LogP contribution in [0.2, 0.25) is 0 Å². The van der Waals surface area contributed by atoms with Crippen LogP contribution in [-0.2, 0) is 0 Å². The molecular weight excluding hydrogens is 416 g/mol. The molecule has 5 nitrogen and oxygen atoms in total. The molecule has 6 heteroatoms. The highest BCUT2D eigenvalue weighted by Crippen LogP contribution is 2.25. The van der Waals surface area contributed by atoms with Crippen LogP contribution in [-0.4, -0.2) is 56.2 Å². The first-order valence-corrected chi connectivity index (χ1v) is 11.7. The maximum atomic E-state index is 12.1. The number of carbonyl (C=O) groups is 1. The van der Waals surface area contributed by atoms with Crippen LogP contribution in [0.15, 0.2) is 28.7 Å². The van der Waals surface area contributed by atoms with Crippen LogP contribution in [0, 0.1) is 5.92 Å². The van der Waals surface area contributed by atoms with Crippen molar-refractivity contribution >= 4 is 27.6 Å². The average molecular weight is 451 g/mol. The number of nitrogens with one attached hydrogen (secondary N) is 2. The minimum atomic E-state index is -0.0211. The third-order valence-electron chi connectivity index (χ3n) is 6.11. The monoisotopic (exact) mass is 450 g/mol. The molecule has 2 N–H and O–H groups in total. The number of hydrogen-bond acceptors (Lipinski definition) is 3. The van der Waals surface area contributed by atoms with E-state index in [1.165, 1.54) is 31.5 Å². The smallest absolute Gasteiger partial charge is 0.314 e. The number of urea groups is 1. The zero-order valence-electron chi connectivity index (χ0n) is 17.1. The van der Waals surface area contributed by atoms with E-state index in [1.54, 1.807) is 0 Å². The lowest BCUT2D eigenvalue weighted by Gasteiger charge is -2.33. The number of benzene rings is 1. The van der Waals surface area contributed by atoms with Crippen molar-refractivity contribution in [2.75, 3.05) is 44.2 Å². The summed E-state index contributed by atoms with van der Waals surface area (Å²) in [6.07, 6.45) is 7.39. The first kappa shape index (κ1) is 21.4. The van der Waals surface area contributed by atoms with Gasteiger partial charge >= 0.3 is 6.03 Å². The van der Waals surface area contributed by atoms with Gasteiger partial charge in [-0.05, 0) is 76.2 Å². The molecule has 0 radical (unpaired) electrons. The van der Waals surface area contributed by atoms with Crippen molar-refractivity contribution in [1.82, 2.24) is 15.5 Å². The SMILES string of the molecule is CC1CCCCN1CCCCNC(=O)NCC1CCN(c2cccc(Br)c2)C1. The Bertz CT molecular complexity index is 626. The van der Waals surface area contributed by atoms with Crippen LogP contribution in [0.3, 0.4) is 0 Å². The fraction of sp³-hybridized carbons (Fsp3) is 0.682. The maximum Gasteiger partial charge on any atom is 0.314 e. The van der Waals surface area contributed by atoms with Gasteiger partial charge in [0.05, 0.1) is 0 Å². The van der Waals surface area contributed by atoms with Crippen LogP contribution < -0.4 is 15.5 Å². The molecule has 2 aliphatic heterocycles. The normalized spacial score (nSPS) is 23.0. The predicted molar refractivity (Wildman–Crippen MR) is 120 cm³/mol. The number of halogens is 1. The van der Waals surface area contributed by atoms with Crippen molar-refractivity contribution in [3.05, 3.63) is 28.7 Å². The molecule has 28 heavy (non-hydrogen) atoms. The largest absolute Gasteiger partial charge is 0.371 e. The Balaban J connectivity index is 1.25. The summed E-state index contributed by atoms with van der Waals surface area (Å²) in [5.74, 6) is 0.519. The second-order valence-electron chi connectivity index (χ2n) is 8.31. The van der Waals surface area contributed by atoms with Gasteiger partial charge in [0.25, 0.3) is 0 Å². The number of carbonyl (C=O) groups excluding carboxylic acids is 1. The second kappa shape index (κ2) is 11.1. The second-order valence-corrected chi connectivity index (χ2v) is 9.22. The van der Waals surface area contributed by atoms with Crippen molar-refractivity contribution in [1.29, 1.82) is 0 Å². The van der Waals surface area contributed by atoms with Gasteiger partial charge < -0.3 is 20.4 Å². The Morgan fingerprint density at radius 2 is 2.07 bits per heavy atom. The van der Waals surface area contributed by atoms with Gasteiger partial charge in [-0.3, -0.25) is 0 Å². The van der Waals surface area contributed by atoms with E-state index in [0.29, 0.717) is 5.92 Å². The van der Waals surface area contributed by atoms with Gasteiger partial charge in [-0.25, -0.2) is 4.79 Å². The summed E-state index contributed by atoms with van der Waals surface area (Å²) in [7, 11) is 0. The number of nitrogens with zero attached hydrogens (tertiary/aromatic N) is 2. The van der Waals surface area contributed by atoms with Crippen molar-refractivity contribution < 1.29 is 4.79 Å². The Hall–Kier alpha value is -1.27. The zero-order chi connectivity index (χ0) is 19.8. The first-order valence-electron chi connectivity index (χ1n) is 10.9. The van der Waals surface area contributed by atoms with Gasteiger partial charge in [0, 0.05) is 42.4 Å². The van der Waals surface area contributed by atoms with Crippen molar-refractivity contribution in [2.45, 2.75) is 51.5 Å². The summed E-state index contributed by atoms with van der Waals surface area (Å²) in [5, 5.41) is 6.08. The van der Waals surface area contributed by atoms with E-state index in [-0.39, 0.29) is 6.03 Å². The Morgan fingerprint density at radius 1 is 1.18 bits per heavy atom. The molecule has 0 bridgehead atoms. The molecule has 2 saturated heterocycles. The van der Waals surface area contributed by atoms with E-state index < -0.39 is 0 Å². The molecule has 156 valence electrons. The molecule has 0 aliphatic carbocycles. The van der Waals surface area contributed by atoms with E-state index in [1.807, 2.05) is 0 Å². The standard InChI is InChI=1S/C22H35BrN4O/c1-18-7-2-4-12-26(18)13-5-3-11-24-22(28)25-16-19-10-14-27(17-19)21-9-6-8-20(23)15-21/h6,8-9,15,18-19H,2-5,7,10-14,16-17H2,1H3,(H2,24,25,28). The molecule has 2 amide bonds. The fourth-order valence-electron chi connectivity index (χ4n) is 4.34. The predicted octanol–water partition coefficient (Wildman–Crippen LogP) is 4.23. The van der Waals surface area contributed by atoms with Gasteiger partial charge in [-0.1, -0.05) is 28.4 Å². The van der Waals surface area contributed by atoms with Crippen molar-refractivity contribution in [3.8, 4) is 0 Å². The van der Waals surface area contributed by atoms with E-state index in [0.717, 1.165) is 62.5 Å². The Kier molecular flexibility index (Phi) is 8.46. The lowest BCUT2D eigenvalue weighted by molar-refractivity contribution is 0.158. The van der Waals surface area contributed by atoms with Crippen LogP contribution in [0.5, 0.6) is 0 Å². The van der Waals surface area contributed by atoms with Crippen LogP contribution >= 0.6 is 15.9 Å². The molecule has 0 saturated carbocycles. The van der Waals surface area contributed by atoms with E-state index >= 15 is 0 Å². The lowest BCUT2D eigenvalue weighted by Crippen LogP contribution is -2.40.